The maximum absolute atomic E-state index is 5.21. The fraction of sp³-hybridized carbons (Fsp3) is 0.750. The molecule has 0 spiro atoms. The number of hydrogen-bond acceptors (Lipinski definition) is 1. The highest BCUT2D eigenvalue weighted by Crippen LogP contribution is 2.51. The lowest BCUT2D eigenvalue weighted by atomic mass is 10.2. The lowest BCUT2D eigenvalue weighted by Crippen LogP contribution is -2.08. The predicted octanol–water partition coefficient (Wildman–Crippen LogP) is 1.81. The van der Waals surface area contributed by atoms with E-state index in [9.17, 15) is 0 Å². The highest BCUT2D eigenvalue weighted by atomic mass is 79.9. The Bertz CT molecular complexity index is 161. The average molecular weight is 203 g/mol. The number of ether oxygens (including phenoxy) is 1. The summed E-state index contributed by atoms with van der Waals surface area (Å²) >= 11 is 3.53. The average Bonchev–Trinajstić information content (AvgIpc) is 2.42. The van der Waals surface area contributed by atoms with E-state index in [4.69, 9.17) is 11.2 Å². The first-order valence-corrected chi connectivity index (χ1v) is 4.26. The second-order valence-corrected chi connectivity index (χ2v) is 4.13. The molecule has 0 saturated heterocycles. The van der Waals surface area contributed by atoms with Gasteiger partial charge in [0.05, 0.1) is 6.61 Å². The van der Waals surface area contributed by atoms with Crippen molar-refractivity contribution in [3.05, 3.63) is 0 Å². The van der Waals surface area contributed by atoms with Crippen LogP contribution in [0.2, 0.25) is 0 Å². The summed E-state index contributed by atoms with van der Waals surface area (Å²) in [5.41, 5.74) is 0.358. The number of rotatable bonds is 3. The van der Waals surface area contributed by atoms with E-state index in [2.05, 4.69) is 28.8 Å². The van der Waals surface area contributed by atoms with Gasteiger partial charge in [-0.15, -0.1) is 6.42 Å². The Kier molecular flexibility index (Phi) is 2.38. The molecule has 0 N–H and O–H groups in total. The first kappa shape index (κ1) is 8.10. The normalized spacial score (nSPS) is 37.1. The van der Waals surface area contributed by atoms with Crippen molar-refractivity contribution in [1.82, 2.24) is 0 Å². The molecule has 0 radical (unpaired) electrons. The molecule has 56 valence electrons. The van der Waals surface area contributed by atoms with Crippen molar-refractivity contribution in [2.45, 2.75) is 18.2 Å². The number of alkyl halides is 1. The maximum atomic E-state index is 5.21. The summed E-state index contributed by atoms with van der Waals surface area (Å²) in [6, 6.07) is 0. The van der Waals surface area contributed by atoms with Crippen LogP contribution >= 0.6 is 15.9 Å². The van der Waals surface area contributed by atoms with Crippen LogP contribution in [0.4, 0.5) is 0 Å². The minimum atomic E-state index is 0.358. The van der Waals surface area contributed by atoms with Gasteiger partial charge in [0.1, 0.15) is 6.61 Å². The van der Waals surface area contributed by atoms with Crippen molar-refractivity contribution < 1.29 is 4.74 Å². The maximum Gasteiger partial charge on any atom is 0.107 e. The van der Waals surface area contributed by atoms with Crippen molar-refractivity contribution in [2.24, 2.45) is 5.41 Å². The molecule has 1 nitrogen and oxygen atoms in total. The van der Waals surface area contributed by atoms with Gasteiger partial charge in [-0.1, -0.05) is 28.8 Å². The van der Waals surface area contributed by atoms with Crippen LogP contribution < -0.4 is 0 Å². The van der Waals surface area contributed by atoms with Crippen LogP contribution in [-0.4, -0.2) is 18.0 Å². The lowest BCUT2D eigenvalue weighted by Gasteiger charge is -2.06. The molecule has 0 aromatic carbocycles. The molecular weight excluding hydrogens is 192 g/mol. The van der Waals surface area contributed by atoms with Crippen LogP contribution in [0.15, 0.2) is 0 Å². The molecule has 1 rings (SSSR count). The summed E-state index contributed by atoms with van der Waals surface area (Å²) in [4.78, 5) is 0.637. The number of halogens is 1. The zero-order chi connectivity index (χ0) is 7.61. The van der Waals surface area contributed by atoms with Gasteiger partial charge in [0.2, 0.25) is 0 Å². The zero-order valence-electron chi connectivity index (χ0n) is 6.06. The Morgan fingerprint density at radius 1 is 1.90 bits per heavy atom. The van der Waals surface area contributed by atoms with E-state index in [0.29, 0.717) is 16.8 Å². The molecule has 0 aromatic rings. The van der Waals surface area contributed by atoms with E-state index >= 15 is 0 Å². The topological polar surface area (TPSA) is 9.23 Å². The summed E-state index contributed by atoms with van der Waals surface area (Å²) in [6.45, 7) is 3.42. The van der Waals surface area contributed by atoms with E-state index in [1.54, 1.807) is 0 Å². The molecular formula is C8H11BrO. The Morgan fingerprint density at radius 2 is 2.50 bits per heavy atom. The van der Waals surface area contributed by atoms with Gasteiger partial charge in [0.25, 0.3) is 0 Å². The third kappa shape index (κ3) is 1.74. The smallest absolute Gasteiger partial charge is 0.107 e. The summed E-state index contributed by atoms with van der Waals surface area (Å²) in [7, 11) is 0. The molecule has 2 heteroatoms. The fourth-order valence-electron chi connectivity index (χ4n) is 0.843. The van der Waals surface area contributed by atoms with Crippen LogP contribution in [0, 0.1) is 17.8 Å². The van der Waals surface area contributed by atoms with Crippen molar-refractivity contribution >= 4 is 15.9 Å². The minimum Gasteiger partial charge on any atom is -0.368 e. The second kappa shape index (κ2) is 2.94. The third-order valence-corrected chi connectivity index (χ3v) is 3.29. The van der Waals surface area contributed by atoms with Gasteiger partial charge in [-0.3, -0.25) is 0 Å². The highest BCUT2D eigenvalue weighted by molar-refractivity contribution is 9.09. The van der Waals surface area contributed by atoms with Gasteiger partial charge < -0.3 is 4.74 Å². The Labute approximate surface area is 70.3 Å². The van der Waals surface area contributed by atoms with Gasteiger partial charge in [-0.2, -0.15) is 0 Å². The quantitative estimate of drug-likeness (QED) is 0.386. The third-order valence-electron chi connectivity index (χ3n) is 1.86. The molecule has 0 heterocycles. The highest BCUT2D eigenvalue weighted by Gasteiger charge is 2.48. The second-order valence-electron chi connectivity index (χ2n) is 3.02. The van der Waals surface area contributed by atoms with Crippen LogP contribution in [0.5, 0.6) is 0 Å². The van der Waals surface area contributed by atoms with Gasteiger partial charge in [-0.05, 0) is 6.42 Å². The largest absolute Gasteiger partial charge is 0.368 e. The SMILES string of the molecule is C#CCOCC1(C)CC1Br. The van der Waals surface area contributed by atoms with E-state index in [0.717, 1.165) is 6.61 Å². The summed E-state index contributed by atoms with van der Waals surface area (Å²) in [6.07, 6.45) is 6.23. The fourth-order valence-corrected chi connectivity index (χ4v) is 1.71. The summed E-state index contributed by atoms with van der Waals surface area (Å²) in [5.74, 6) is 2.45. The number of hydrogen-bond donors (Lipinski definition) is 0. The van der Waals surface area contributed by atoms with Crippen molar-refractivity contribution in [2.75, 3.05) is 13.2 Å². The van der Waals surface area contributed by atoms with Crippen LogP contribution in [0.25, 0.3) is 0 Å². The minimum absolute atomic E-state index is 0.358. The molecule has 1 aliphatic rings. The van der Waals surface area contributed by atoms with Crippen molar-refractivity contribution in [1.29, 1.82) is 0 Å². The molecule has 0 aromatic heterocycles. The van der Waals surface area contributed by atoms with Crippen molar-refractivity contribution in [3.8, 4) is 12.3 Å². The summed E-state index contributed by atoms with van der Waals surface area (Å²) < 4.78 is 5.21. The lowest BCUT2D eigenvalue weighted by molar-refractivity contribution is 0.125. The van der Waals surface area contributed by atoms with E-state index in [1.807, 2.05) is 0 Å². The van der Waals surface area contributed by atoms with E-state index < -0.39 is 0 Å². The molecule has 0 bridgehead atoms. The summed E-state index contributed by atoms with van der Waals surface area (Å²) in [5, 5.41) is 0. The zero-order valence-corrected chi connectivity index (χ0v) is 7.65. The van der Waals surface area contributed by atoms with Crippen LogP contribution in [0.1, 0.15) is 13.3 Å². The van der Waals surface area contributed by atoms with Crippen LogP contribution in [0.3, 0.4) is 0 Å². The monoisotopic (exact) mass is 202 g/mol. The van der Waals surface area contributed by atoms with Crippen LogP contribution in [-0.2, 0) is 4.74 Å². The molecule has 1 saturated carbocycles. The van der Waals surface area contributed by atoms with Crippen molar-refractivity contribution in [3.63, 3.8) is 0 Å². The Morgan fingerprint density at radius 3 is 2.90 bits per heavy atom. The number of terminal acetylenes is 1. The van der Waals surface area contributed by atoms with Gasteiger partial charge >= 0.3 is 0 Å². The van der Waals surface area contributed by atoms with Gasteiger partial charge in [0, 0.05) is 10.2 Å². The van der Waals surface area contributed by atoms with E-state index in [-0.39, 0.29) is 0 Å². The molecule has 0 aliphatic heterocycles. The molecule has 10 heavy (non-hydrogen) atoms. The Hall–Kier alpha value is 0. The first-order chi connectivity index (χ1) is 4.69. The standard InChI is InChI=1S/C8H11BrO/c1-3-4-10-6-8(2)5-7(8)9/h1,7H,4-6H2,2H3. The Balaban J connectivity index is 2.10. The van der Waals surface area contributed by atoms with Gasteiger partial charge in [0.15, 0.2) is 0 Å². The molecule has 1 fully saturated rings. The van der Waals surface area contributed by atoms with Gasteiger partial charge in [-0.25, -0.2) is 0 Å². The molecule has 1 aliphatic carbocycles. The first-order valence-electron chi connectivity index (χ1n) is 3.34. The molecule has 0 amide bonds. The molecule has 2 unspecified atom stereocenters. The van der Waals surface area contributed by atoms with E-state index in [1.165, 1.54) is 6.42 Å². The molecule has 2 atom stereocenters. The predicted molar refractivity (Wildman–Crippen MR) is 45.1 cm³/mol.